The van der Waals surface area contributed by atoms with Gasteiger partial charge in [0.05, 0.1) is 34.4 Å². The fourth-order valence-electron chi connectivity index (χ4n) is 8.61. The Balaban J connectivity index is 4.24. The van der Waals surface area contributed by atoms with Crippen LogP contribution in [-0.4, -0.2) is 87.4 Å². The van der Waals surface area contributed by atoms with Crippen molar-refractivity contribution in [2.45, 2.75) is 257 Å². The maximum atomic E-state index is 12.9. The number of likely N-dealkylation sites (N-methyl/N-ethyl adjacent to an activating group) is 1. The molecule has 83 heavy (non-hydrogen) atoms. The molecule has 0 spiro atoms. The lowest BCUT2D eigenvalue weighted by Gasteiger charge is -2.25. The summed E-state index contributed by atoms with van der Waals surface area (Å²) in [5, 5.41) is 9.74. The predicted molar refractivity (Wildman–Crippen MR) is 354 cm³/mol. The predicted octanol–water partition coefficient (Wildman–Crippen LogP) is 20.3. The molecule has 1 N–H and O–H groups in total. The lowest BCUT2D eigenvalue weighted by molar-refractivity contribution is -0.870. The van der Waals surface area contributed by atoms with Gasteiger partial charge in [0.1, 0.15) is 13.2 Å². The highest BCUT2D eigenvalue weighted by molar-refractivity contribution is 5.71. The van der Waals surface area contributed by atoms with Gasteiger partial charge in [-0.2, -0.15) is 0 Å². The van der Waals surface area contributed by atoms with E-state index in [9.17, 15) is 19.5 Å². The van der Waals surface area contributed by atoms with E-state index in [0.717, 1.165) is 135 Å². The minimum absolute atomic E-state index is 0.177. The number of nitrogens with zero attached hydrogens (tertiary/aromatic N) is 1. The Labute approximate surface area is 509 Å². The van der Waals surface area contributed by atoms with Crippen molar-refractivity contribution in [3.63, 3.8) is 0 Å². The Morgan fingerprint density at radius 3 is 0.964 bits per heavy atom. The zero-order chi connectivity index (χ0) is 60.5. The molecule has 0 radical (unpaired) electrons. The number of esters is 2. The fraction of sp³-hybridized carbons (Fsp3) is 0.635. The molecule has 0 saturated carbocycles. The first-order chi connectivity index (χ1) is 40.6. The first-order valence-corrected chi connectivity index (χ1v) is 33.0. The van der Waals surface area contributed by atoms with Gasteiger partial charge in [0.2, 0.25) is 0 Å². The largest absolute Gasteiger partial charge is 0.477 e. The number of carboxylic acid groups (broad SMARTS) is 1. The van der Waals surface area contributed by atoms with Crippen molar-refractivity contribution in [3.05, 3.63) is 146 Å². The molecule has 470 valence electrons. The first kappa shape index (κ1) is 78.2. The molecule has 0 aromatic carbocycles. The van der Waals surface area contributed by atoms with E-state index in [-0.39, 0.29) is 38.6 Å². The number of allylic oxidation sites excluding steroid dienone is 24. The summed E-state index contributed by atoms with van der Waals surface area (Å²) >= 11 is 0. The molecule has 2 unspecified atom stereocenters. The fourth-order valence-corrected chi connectivity index (χ4v) is 8.61. The van der Waals surface area contributed by atoms with Gasteiger partial charge >= 0.3 is 17.9 Å². The number of ether oxygens (including phenoxy) is 4. The maximum Gasteiger partial charge on any atom is 0.361 e. The van der Waals surface area contributed by atoms with Crippen LogP contribution in [0.5, 0.6) is 0 Å². The first-order valence-electron chi connectivity index (χ1n) is 33.0. The van der Waals surface area contributed by atoms with Crippen molar-refractivity contribution in [1.29, 1.82) is 0 Å². The van der Waals surface area contributed by atoms with Gasteiger partial charge in [-0.05, 0) is 116 Å². The van der Waals surface area contributed by atoms with E-state index < -0.39 is 24.3 Å². The quantitative estimate of drug-likeness (QED) is 0.0211. The highest BCUT2D eigenvalue weighted by atomic mass is 16.7. The zero-order valence-electron chi connectivity index (χ0n) is 53.5. The van der Waals surface area contributed by atoms with Crippen molar-refractivity contribution in [1.82, 2.24) is 0 Å². The van der Waals surface area contributed by atoms with Crippen LogP contribution in [-0.2, 0) is 33.3 Å². The van der Waals surface area contributed by atoms with E-state index in [0.29, 0.717) is 17.4 Å². The van der Waals surface area contributed by atoms with Crippen molar-refractivity contribution >= 4 is 17.9 Å². The van der Waals surface area contributed by atoms with Crippen LogP contribution in [0.1, 0.15) is 245 Å². The van der Waals surface area contributed by atoms with E-state index in [2.05, 4.69) is 160 Å². The van der Waals surface area contributed by atoms with E-state index >= 15 is 0 Å². The van der Waals surface area contributed by atoms with Crippen LogP contribution >= 0.6 is 0 Å². The number of rotatable bonds is 59. The normalized spacial score (nSPS) is 13.7. The summed E-state index contributed by atoms with van der Waals surface area (Å²) < 4.78 is 22.9. The second-order valence-corrected chi connectivity index (χ2v) is 22.7. The zero-order valence-corrected chi connectivity index (χ0v) is 53.5. The lowest BCUT2D eigenvalue weighted by Crippen LogP contribution is -2.40. The summed E-state index contributed by atoms with van der Waals surface area (Å²) in [7, 11) is 5.96. The summed E-state index contributed by atoms with van der Waals surface area (Å²) in [5.74, 6) is -2.04. The summed E-state index contributed by atoms with van der Waals surface area (Å²) in [6.07, 6.45) is 89.4. The minimum Gasteiger partial charge on any atom is -0.477 e. The van der Waals surface area contributed by atoms with Crippen LogP contribution in [0.4, 0.5) is 0 Å². The number of carbonyl (C=O) groups excluding carboxylic acids is 2. The molecular formula is C74H122NO8+. The molecule has 0 aliphatic rings. The monoisotopic (exact) mass is 1150 g/mol. The maximum absolute atomic E-state index is 12.9. The molecule has 0 amide bonds. The summed E-state index contributed by atoms with van der Waals surface area (Å²) in [6.45, 7) is 4.63. The molecule has 2 atom stereocenters. The molecule has 9 nitrogen and oxygen atoms in total. The van der Waals surface area contributed by atoms with E-state index in [1.165, 1.54) is 77.0 Å². The van der Waals surface area contributed by atoms with E-state index in [1.807, 2.05) is 21.1 Å². The van der Waals surface area contributed by atoms with Gasteiger partial charge in [-0.25, -0.2) is 4.79 Å². The van der Waals surface area contributed by atoms with Gasteiger partial charge < -0.3 is 28.5 Å². The number of hydrogen-bond donors (Lipinski definition) is 1. The standard InChI is InChI=1S/C74H121NO8/c1-6-8-10-12-14-16-18-20-22-24-26-28-30-32-34-35-36-37-39-41-43-45-47-49-51-53-55-57-59-61-63-65-72(77)83-70(69-82-74(73(78)79)80-67-66-75(3,4)5)68-81-71(76)64-62-60-58-56-54-52-50-48-46-44-42-40-38-33-31-29-27-25-23-21-19-17-15-13-11-9-7-2/h8-11,14-17,20-23,26-29,32,34,36-37,41,43,47,49,70,74H,6-7,12-13,18-19,24-25,30-31,33,35,38-40,42,44-46,48,50-69H2,1-5H3/p+1/b10-8-,11-9-,16-14-,17-15-,22-20-,23-21-,28-26-,29-27-,34-32-,37-36-,43-41-,49-47-. The molecule has 0 fully saturated rings. The smallest absolute Gasteiger partial charge is 0.361 e. The number of quaternary nitrogens is 1. The SMILES string of the molecule is CC/C=C\C/C=C\C/C=C\C/C=C\C/C=C\C/C=C\C/C=C\C/C=C\CCCCCCCCC(=O)OC(COC(=O)CCCCCCCCCCCCCCCC/C=C\C/C=C\C/C=C\C/C=C\CC)COC(OCC[N+](C)(C)C)C(=O)O. The summed E-state index contributed by atoms with van der Waals surface area (Å²) in [5.41, 5.74) is 0. The molecular weight excluding hydrogens is 1030 g/mol. The Morgan fingerprint density at radius 1 is 0.361 bits per heavy atom. The molecule has 0 aliphatic heterocycles. The lowest BCUT2D eigenvalue weighted by atomic mass is 10.0. The topological polar surface area (TPSA) is 108 Å². The van der Waals surface area contributed by atoms with Crippen LogP contribution in [0, 0.1) is 0 Å². The highest BCUT2D eigenvalue weighted by Crippen LogP contribution is 2.16. The molecule has 0 saturated heterocycles. The number of carbonyl (C=O) groups is 3. The molecule has 0 aromatic heterocycles. The molecule has 9 heteroatoms. The van der Waals surface area contributed by atoms with Crippen LogP contribution in [0.15, 0.2) is 146 Å². The second kappa shape index (κ2) is 63.2. The molecule has 0 aromatic rings. The van der Waals surface area contributed by atoms with E-state index in [4.69, 9.17) is 18.9 Å². The Kier molecular flexibility index (Phi) is 59.5. The van der Waals surface area contributed by atoms with Gasteiger partial charge in [-0.1, -0.05) is 262 Å². The van der Waals surface area contributed by atoms with Crippen LogP contribution in [0.2, 0.25) is 0 Å². The van der Waals surface area contributed by atoms with Crippen LogP contribution in [0.25, 0.3) is 0 Å². The van der Waals surface area contributed by atoms with Crippen molar-refractivity contribution in [2.75, 3.05) is 47.5 Å². The molecule has 0 aliphatic carbocycles. The van der Waals surface area contributed by atoms with E-state index in [1.54, 1.807) is 0 Å². The molecule has 0 bridgehead atoms. The Bertz CT molecular complexity index is 1870. The number of aliphatic carboxylic acids is 1. The van der Waals surface area contributed by atoms with Gasteiger partial charge in [0, 0.05) is 12.8 Å². The second-order valence-electron chi connectivity index (χ2n) is 22.7. The van der Waals surface area contributed by atoms with Crippen LogP contribution in [0.3, 0.4) is 0 Å². The van der Waals surface area contributed by atoms with Crippen molar-refractivity contribution in [3.8, 4) is 0 Å². The Morgan fingerprint density at radius 2 is 0.651 bits per heavy atom. The number of unbranched alkanes of at least 4 members (excludes halogenated alkanes) is 20. The van der Waals surface area contributed by atoms with Gasteiger partial charge in [-0.3, -0.25) is 9.59 Å². The van der Waals surface area contributed by atoms with Crippen molar-refractivity contribution in [2.24, 2.45) is 0 Å². The summed E-state index contributed by atoms with van der Waals surface area (Å²) in [6, 6.07) is 0. The Hall–Kier alpha value is -4.83. The van der Waals surface area contributed by atoms with Crippen molar-refractivity contribution < 1.29 is 42.9 Å². The molecule has 0 rings (SSSR count). The minimum atomic E-state index is -1.52. The molecule has 0 heterocycles. The third-order valence-corrected chi connectivity index (χ3v) is 13.6. The number of carboxylic acids is 1. The third kappa shape index (κ3) is 64.6. The highest BCUT2D eigenvalue weighted by Gasteiger charge is 2.25. The number of hydrogen-bond acceptors (Lipinski definition) is 7. The average molecular weight is 1150 g/mol. The van der Waals surface area contributed by atoms with Crippen LogP contribution < -0.4 is 0 Å². The average Bonchev–Trinajstić information content (AvgIpc) is 3.46. The van der Waals surface area contributed by atoms with Gasteiger partial charge in [0.15, 0.2) is 6.10 Å². The van der Waals surface area contributed by atoms with Gasteiger partial charge in [-0.15, -0.1) is 0 Å². The third-order valence-electron chi connectivity index (χ3n) is 13.6. The van der Waals surface area contributed by atoms with Gasteiger partial charge in [0.25, 0.3) is 6.29 Å². The summed E-state index contributed by atoms with van der Waals surface area (Å²) in [4.78, 5) is 37.6.